The number of ether oxygens (including phenoxy) is 1. The van der Waals surface area contributed by atoms with Gasteiger partial charge in [0.1, 0.15) is 21.3 Å². The molecule has 158 valence electrons. The third-order valence-electron chi connectivity index (χ3n) is 4.65. The highest BCUT2D eigenvalue weighted by Crippen LogP contribution is 2.32. The lowest BCUT2D eigenvalue weighted by molar-refractivity contribution is 0.102. The highest BCUT2D eigenvalue weighted by molar-refractivity contribution is 7.89. The number of nitrogens with zero attached hydrogens (tertiary/aromatic N) is 2. The molecule has 2 aromatic heterocycles. The number of thiazole rings is 1. The lowest BCUT2D eigenvalue weighted by atomic mass is 10.3. The fourth-order valence-corrected chi connectivity index (χ4v) is 6.50. The van der Waals surface area contributed by atoms with Gasteiger partial charge in [-0.1, -0.05) is 6.07 Å². The van der Waals surface area contributed by atoms with E-state index < -0.39 is 10.0 Å². The van der Waals surface area contributed by atoms with Crippen molar-refractivity contribution in [1.29, 1.82) is 0 Å². The number of sulfonamides is 1. The van der Waals surface area contributed by atoms with Crippen LogP contribution in [0.15, 0.2) is 46.0 Å². The van der Waals surface area contributed by atoms with E-state index in [2.05, 4.69) is 10.3 Å². The van der Waals surface area contributed by atoms with Gasteiger partial charge in [0.05, 0.1) is 11.5 Å². The van der Waals surface area contributed by atoms with E-state index in [0.29, 0.717) is 31.1 Å². The normalized spacial score (nSPS) is 14.7. The number of thiophene rings is 1. The molecule has 1 amide bonds. The molecule has 30 heavy (non-hydrogen) atoms. The lowest BCUT2D eigenvalue weighted by Gasteiger charge is -2.19. The Morgan fingerprint density at radius 3 is 2.73 bits per heavy atom. The van der Waals surface area contributed by atoms with Gasteiger partial charge in [-0.05, 0) is 49.4 Å². The molecule has 1 fully saturated rings. The van der Waals surface area contributed by atoms with Crippen LogP contribution in [0.3, 0.4) is 0 Å². The fourth-order valence-electron chi connectivity index (χ4n) is 3.22. The molecule has 1 aliphatic rings. The van der Waals surface area contributed by atoms with Crippen molar-refractivity contribution >= 4 is 44.3 Å². The average Bonchev–Trinajstić information content (AvgIpc) is 3.51. The maximum atomic E-state index is 13.1. The number of nitrogens with one attached hydrogen (secondary N) is 1. The molecule has 1 aliphatic heterocycles. The monoisotopic (exact) mass is 463 g/mol. The second-order valence-electron chi connectivity index (χ2n) is 6.68. The Bertz CT molecular complexity index is 1130. The molecule has 0 unspecified atom stereocenters. The molecule has 1 saturated heterocycles. The van der Waals surface area contributed by atoms with Gasteiger partial charge < -0.3 is 10.1 Å². The van der Waals surface area contributed by atoms with Gasteiger partial charge in [0.25, 0.3) is 5.91 Å². The summed E-state index contributed by atoms with van der Waals surface area (Å²) in [6.45, 7) is 3.14. The number of benzene rings is 1. The summed E-state index contributed by atoms with van der Waals surface area (Å²) in [5.74, 6) is -0.0984. The summed E-state index contributed by atoms with van der Waals surface area (Å²) in [4.78, 5) is 18.1. The summed E-state index contributed by atoms with van der Waals surface area (Å²) < 4.78 is 33.2. The summed E-state index contributed by atoms with van der Waals surface area (Å²) in [6, 6.07) is 8.57. The maximum absolute atomic E-state index is 13.1. The second-order valence-corrected chi connectivity index (χ2v) is 10.4. The zero-order chi connectivity index (χ0) is 21.1. The molecule has 3 aromatic rings. The Morgan fingerprint density at radius 1 is 1.23 bits per heavy atom. The van der Waals surface area contributed by atoms with E-state index in [9.17, 15) is 13.2 Å². The summed E-state index contributed by atoms with van der Waals surface area (Å²) in [7, 11) is -3.70. The highest BCUT2D eigenvalue weighted by atomic mass is 32.2. The van der Waals surface area contributed by atoms with E-state index in [1.54, 1.807) is 35.8 Å². The topological polar surface area (TPSA) is 88.6 Å². The lowest BCUT2D eigenvalue weighted by Crippen LogP contribution is -2.28. The van der Waals surface area contributed by atoms with Crippen molar-refractivity contribution in [1.82, 2.24) is 9.29 Å². The van der Waals surface area contributed by atoms with E-state index in [1.165, 1.54) is 21.7 Å². The predicted molar refractivity (Wildman–Crippen MR) is 119 cm³/mol. The van der Waals surface area contributed by atoms with Crippen molar-refractivity contribution in [2.75, 3.05) is 25.0 Å². The molecule has 0 atom stereocenters. The minimum absolute atomic E-state index is 0.0709. The zero-order valence-corrected chi connectivity index (χ0v) is 18.8. The van der Waals surface area contributed by atoms with Gasteiger partial charge in [0.15, 0.2) is 0 Å². The van der Waals surface area contributed by atoms with Crippen LogP contribution in [-0.4, -0.2) is 43.3 Å². The van der Waals surface area contributed by atoms with Crippen molar-refractivity contribution in [2.45, 2.75) is 24.7 Å². The first-order chi connectivity index (χ1) is 14.5. The van der Waals surface area contributed by atoms with Crippen LogP contribution in [-0.2, 0) is 10.0 Å². The highest BCUT2D eigenvalue weighted by Gasteiger charge is 2.30. The largest absolute Gasteiger partial charge is 0.492 e. The van der Waals surface area contributed by atoms with Gasteiger partial charge in [0, 0.05) is 24.2 Å². The molecule has 0 saturated carbocycles. The Labute approximate surface area is 183 Å². The number of hydrogen-bond donors (Lipinski definition) is 1. The number of rotatable bonds is 7. The van der Waals surface area contributed by atoms with Crippen molar-refractivity contribution < 1.29 is 17.9 Å². The van der Waals surface area contributed by atoms with Crippen molar-refractivity contribution in [3.8, 4) is 15.6 Å². The van der Waals surface area contributed by atoms with Crippen LogP contribution in [0.25, 0.3) is 9.88 Å². The Hall–Kier alpha value is -2.27. The molecule has 0 radical (unpaired) electrons. The molecular formula is C20H21N3O4S3. The molecule has 0 aliphatic carbocycles. The first-order valence-corrected chi connectivity index (χ1v) is 12.8. The quantitative estimate of drug-likeness (QED) is 0.564. The van der Waals surface area contributed by atoms with Crippen molar-refractivity contribution in [3.05, 3.63) is 46.8 Å². The molecule has 7 nitrogen and oxygen atoms in total. The molecule has 4 rings (SSSR count). The van der Waals surface area contributed by atoms with Crippen LogP contribution in [0, 0.1) is 0 Å². The average molecular weight is 464 g/mol. The van der Waals surface area contributed by atoms with Gasteiger partial charge in [-0.15, -0.1) is 22.7 Å². The van der Waals surface area contributed by atoms with Gasteiger partial charge in [-0.3, -0.25) is 4.79 Å². The third-order valence-corrected chi connectivity index (χ3v) is 8.45. The minimum atomic E-state index is -3.70. The van der Waals surface area contributed by atoms with Gasteiger partial charge in [-0.25, -0.2) is 13.4 Å². The summed E-state index contributed by atoms with van der Waals surface area (Å²) >= 11 is 2.95. The van der Waals surface area contributed by atoms with Crippen LogP contribution < -0.4 is 10.1 Å². The van der Waals surface area contributed by atoms with Crippen LogP contribution in [0.5, 0.6) is 5.75 Å². The maximum Gasteiger partial charge on any atom is 0.275 e. The number of amides is 1. The first kappa shape index (κ1) is 21.0. The summed E-state index contributed by atoms with van der Waals surface area (Å²) in [6.07, 6.45) is 1.69. The van der Waals surface area contributed by atoms with Gasteiger partial charge in [-0.2, -0.15) is 4.31 Å². The van der Waals surface area contributed by atoms with Crippen molar-refractivity contribution in [3.63, 3.8) is 0 Å². The molecular weight excluding hydrogens is 442 g/mol. The van der Waals surface area contributed by atoms with E-state index >= 15 is 0 Å². The second kappa shape index (κ2) is 8.84. The van der Waals surface area contributed by atoms with Gasteiger partial charge in [0.2, 0.25) is 10.0 Å². The SMILES string of the molecule is CCOc1ccc(NC(=O)c2csc(-c3cccs3)n2)cc1S(=O)(=O)N1CCCC1. The summed E-state index contributed by atoms with van der Waals surface area (Å²) in [5, 5.41) is 7.19. The van der Waals surface area contributed by atoms with E-state index in [4.69, 9.17) is 4.74 Å². The number of aromatic nitrogens is 1. The molecule has 10 heteroatoms. The standard InChI is InChI=1S/C20H21N3O4S3/c1-2-27-16-8-7-14(12-18(16)30(25,26)23-9-3-4-10-23)21-19(24)15-13-29-20(22-15)17-6-5-11-28-17/h5-8,11-13H,2-4,9-10H2,1H3,(H,21,24). The first-order valence-electron chi connectivity index (χ1n) is 9.57. The smallest absolute Gasteiger partial charge is 0.275 e. The van der Waals surface area contributed by atoms with E-state index in [0.717, 1.165) is 22.7 Å². The molecule has 1 N–H and O–H groups in total. The molecule has 1 aromatic carbocycles. The predicted octanol–water partition coefficient (Wildman–Crippen LogP) is 4.31. The molecule has 0 bridgehead atoms. The van der Waals surface area contributed by atoms with E-state index in [-0.39, 0.29) is 16.6 Å². The molecule has 0 spiro atoms. The van der Waals surface area contributed by atoms with Gasteiger partial charge >= 0.3 is 0 Å². The zero-order valence-electron chi connectivity index (χ0n) is 16.3. The fraction of sp³-hybridized carbons (Fsp3) is 0.300. The number of carbonyl (C=O) groups excluding carboxylic acids is 1. The Kier molecular flexibility index (Phi) is 6.19. The Balaban J connectivity index is 1.59. The number of hydrogen-bond acceptors (Lipinski definition) is 7. The van der Waals surface area contributed by atoms with Crippen LogP contribution in [0.1, 0.15) is 30.3 Å². The third kappa shape index (κ3) is 4.27. The minimum Gasteiger partial charge on any atom is -0.492 e. The Morgan fingerprint density at radius 2 is 2.03 bits per heavy atom. The van der Waals surface area contributed by atoms with Crippen molar-refractivity contribution in [2.24, 2.45) is 0 Å². The van der Waals surface area contributed by atoms with Crippen LogP contribution in [0.2, 0.25) is 0 Å². The van der Waals surface area contributed by atoms with E-state index in [1.807, 2.05) is 17.5 Å². The number of carbonyl (C=O) groups is 1. The van der Waals surface area contributed by atoms with Crippen LogP contribution >= 0.6 is 22.7 Å². The number of anilines is 1. The molecule has 3 heterocycles. The van der Waals surface area contributed by atoms with Crippen LogP contribution in [0.4, 0.5) is 5.69 Å². The summed E-state index contributed by atoms with van der Waals surface area (Å²) in [5.41, 5.74) is 0.674.